The van der Waals surface area contributed by atoms with Crippen LogP contribution in [0.15, 0.2) is 54.9 Å². The van der Waals surface area contributed by atoms with Crippen LogP contribution in [-0.4, -0.2) is 9.38 Å². The maximum atomic E-state index is 7.72. The molecule has 144 valence electrons. The maximum Gasteiger partial charge on any atom is 0.287 e. The van der Waals surface area contributed by atoms with Gasteiger partial charge in [0.15, 0.2) is 5.52 Å². The number of benzene rings is 3. The Hall–Kier alpha value is -3.71. The van der Waals surface area contributed by atoms with E-state index in [0.29, 0.717) is 0 Å². The lowest BCUT2D eigenvalue weighted by atomic mass is 9.92. The van der Waals surface area contributed by atoms with E-state index in [2.05, 4.69) is 76.3 Å². The average molecular weight is 389 g/mol. The zero-order valence-electron chi connectivity index (χ0n) is 17.5. The summed E-state index contributed by atoms with van der Waals surface area (Å²) in [6, 6.07) is 17.3. The minimum absolute atomic E-state index is 0.612. The molecule has 3 aromatic carbocycles. The van der Waals surface area contributed by atoms with E-state index < -0.39 is 5.54 Å². The zero-order chi connectivity index (χ0) is 20.8. The van der Waals surface area contributed by atoms with E-state index in [4.69, 9.17) is 11.6 Å². The number of pyridine rings is 1. The minimum atomic E-state index is -0.612. The first-order chi connectivity index (χ1) is 14.4. The van der Waals surface area contributed by atoms with Crippen molar-refractivity contribution in [1.29, 1.82) is 0 Å². The zero-order valence-corrected chi connectivity index (χ0v) is 17.5. The van der Waals surface area contributed by atoms with Crippen molar-refractivity contribution in [3.05, 3.63) is 77.4 Å². The third-order valence-corrected chi connectivity index (χ3v) is 6.56. The number of aryl methyl sites for hydroxylation is 2. The van der Waals surface area contributed by atoms with Crippen LogP contribution in [0.2, 0.25) is 0 Å². The summed E-state index contributed by atoms with van der Waals surface area (Å²) < 4.78 is 4.52. The van der Waals surface area contributed by atoms with Gasteiger partial charge in [-0.2, -0.15) is 0 Å². The Morgan fingerprint density at radius 1 is 1.00 bits per heavy atom. The summed E-state index contributed by atoms with van der Waals surface area (Å²) in [4.78, 5) is 8.67. The molecule has 0 aliphatic carbocycles. The SMILES string of the molecule is [C-]#[N+]C(C)(C)c1cc2nc[n+](C)c3c4c(C)ccc5c6ccccc6n(c(c1)c23)c54. The van der Waals surface area contributed by atoms with E-state index >= 15 is 0 Å². The molecule has 0 saturated carbocycles. The lowest BCUT2D eigenvalue weighted by Gasteiger charge is -2.16. The Labute approximate surface area is 174 Å². The Balaban J connectivity index is 2.05. The highest BCUT2D eigenvalue weighted by atomic mass is 15.0. The van der Waals surface area contributed by atoms with Crippen molar-refractivity contribution < 1.29 is 4.57 Å². The summed E-state index contributed by atoms with van der Waals surface area (Å²) in [5.74, 6) is 0. The van der Waals surface area contributed by atoms with Crippen molar-refractivity contribution in [2.45, 2.75) is 26.3 Å². The van der Waals surface area contributed by atoms with Crippen molar-refractivity contribution in [3.8, 4) is 0 Å². The number of rotatable bonds is 1. The number of fused-ring (bicyclic) bond motifs is 5. The van der Waals surface area contributed by atoms with Crippen LogP contribution in [0, 0.1) is 13.5 Å². The third-order valence-electron chi connectivity index (χ3n) is 6.56. The summed E-state index contributed by atoms with van der Waals surface area (Å²) in [7, 11) is 2.07. The van der Waals surface area contributed by atoms with Crippen molar-refractivity contribution >= 4 is 49.1 Å². The first kappa shape index (κ1) is 17.2. The molecular formula is C26H21N4+. The topological polar surface area (TPSA) is 25.5 Å². The van der Waals surface area contributed by atoms with E-state index in [1.807, 2.05) is 20.2 Å². The van der Waals surface area contributed by atoms with Crippen LogP contribution in [0.3, 0.4) is 0 Å². The van der Waals surface area contributed by atoms with Crippen molar-refractivity contribution in [1.82, 2.24) is 9.38 Å². The van der Waals surface area contributed by atoms with Gasteiger partial charge in [-0.25, -0.2) is 11.1 Å². The van der Waals surface area contributed by atoms with Crippen molar-refractivity contribution in [3.63, 3.8) is 0 Å². The first-order valence-corrected chi connectivity index (χ1v) is 10.2. The van der Waals surface area contributed by atoms with Gasteiger partial charge in [0.25, 0.3) is 11.9 Å². The van der Waals surface area contributed by atoms with Crippen LogP contribution in [0.1, 0.15) is 25.0 Å². The number of hydrogen-bond donors (Lipinski definition) is 0. The molecule has 3 aromatic heterocycles. The molecule has 6 aromatic rings. The largest absolute Gasteiger partial charge is 0.308 e. The molecule has 0 aliphatic heterocycles. The standard InChI is InChI=1S/C26H21N4/c1-15-10-11-18-17-8-6-7-9-20(17)30-21-13-16(26(2,3)27-4)12-19-23(21)25(22(15)24(18)30)29(5)14-28-19/h6-14H,1-3,5H3/q+1. The Kier molecular flexibility index (Phi) is 3.12. The van der Waals surface area contributed by atoms with Gasteiger partial charge in [-0.15, -0.1) is 0 Å². The normalized spacial score (nSPS) is 12.6. The molecule has 0 N–H and O–H groups in total. The van der Waals surface area contributed by atoms with Gasteiger partial charge in [-0.1, -0.05) is 30.3 Å². The molecule has 0 fully saturated rings. The van der Waals surface area contributed by atoms with E-state index in [1.54, 1.807) is 0 Å². The molecule has 4 nitrogen and oxygen atoms in total. The quantitative estimate of drug-likeness (QED) is 0.154. The lowest BCUT2D eigenvalue weighted by molar-refractivity contribution is -0.646. The molecule has 3 heterocycles. The number of aromatic nitrogens is 3. The lowest BCUT2D eigenvalue weighted by Crippen LogP contribution is -2.30. The minimum Gasteiger partial charge on any atom is -0.308 e. The number of nitrogens with zero attached hydrogens (tertiary/aromatic N) is 4. The van der Waals surface area contributed by atoms with E-state index in [9.17, 15) is 0 Å². The summed E-state index contributed by atoms with van der Waals surface area (Å²) in [6.45, 7) is 13.9. The molecule has 0 bridgehead atoms. The first-order valence-electron chi connectivity index (χ1n) is 10.2. The van der Waals surface area contributed by atoms with Gasteiger partial charge < -0.3 is 9.25 Å². The molecule has 6 rings (SSSR count). The van der Waals surface area contributed by atoms with Crippen LogP contribution < -0.4 is 4.57 Å². The predicted octanol–water partition coefficient (Wildman–Crippen LogP) is 5.67. The molecule has 30 heavy (non-hydrogen) atoms. The molecule has 0 unspecified atom stereocenters. The van der Waals surface area contributed by atoms with Crippen molar-refractivity contribution in [2.24, 2.45) is 7.05 Å². The summed E-state index contributed by atoms with van der Waals surface area (Å²) >= 11 is 0. The van der Waals surface area contributed by atoms with E-state index in [1.165, 1.54) is 38.3 Å². The van der Waals surface area contributed by atoms with Gasteiger partial charge in [0.05, 0.1) is 29.0 Å². The second-order valence-corrected chi connectivity index (χ2v) is 8.77. The molecule has 0 amide bonds. The molecular weight excluding hydrogens is 368 g/mol. The smallest absolute Gasteiger partial charge is 0.287 e. The maximum absolute atomic E-state index is 7.72. The second-order valence-electron chi connectivity index (χ2n) is 8.77. The fourth-order valence-corrected chi connectivity index (χ4v) is 4.94. The average Bonchev–Trinajstić information content (AvgIpc) is 3.09. The number of hydrogen-bond acceptors (Lipinski definition) is 1. The molecule has 0 atom stereocenters. The molecule has 0 spiro atoms. The molecule has 0 radical (unpaired) electrons. The van der Waals surface area contributed by atoms with Gasteiger partial charge in [0, 0.05) is 41.6 Å². The highest BCUT2D eigenvalue weighted by Gasteiger charge is 2.30. The van der Waals surface area contributed by atoms with Crippen molar-refractivity contribution in [2.75, 3.05) is 0 Å². The van der Waals surface area contributed by atoms with Crippen LogP contribution in [0.4, 0.5) is 0 Å². The van der Waals surface area contributed by atoms with Crippen LogP contribution >= 0.6 is 0 Å². The van der Waals surface area contributed by atoms with Crippen LogP contribution in [0.25, 0.3) is 54.0 Å². The molecule has 4 heteroatoms. The highest BCUT2D eigenvalue weighted by Crippen LogP contribution is 2.41. The molecule has 0 saturated heterocycles. The Morgan fingerprint density at radius 2 is 1.80 bits per heavy atom. The van der Waals surface area contributed by atoms with Gasteiger partial charge in [0.2, 0.25) is 0 Å². The third kappa shape index (κ3) is 1.95. The second kappa shape index (κ2) is 5.46. The van der Waals surface area contributed by atoms with Gasteiger partial charge in [-0.3, -0.25) is 0 Å². The van der Waals surface area contributed by atoms with Gasteiger partial charge >= 0.3 is 0 Å². The Bertz CT molecular complexity index is 1700. The van der Waals surface area contributed by atoms with E-state index in [-0.39, 0.29) is 0 Å². The van der Waals surface area contributed by atoms with E-state index in [0.717, 1.165) is 22.0 Å². The molecule has 0 aliphatic rings. The van der Waals surface area contributed by atoms with Crippen LogP contribution in [-0.2, 0) is 12.6 Å². The summed E-state index contributed by atoms with van der Waals surface area (Å²) in [5.41, 5.74) is 7.31. The van der Waals surface area contributed by atoms with Gasteiger partial charge in [0.1, 0.15) is 5.52 Å². The monoisotopic (exact) mass is 389 g/mol. The highest BCUT2D eigenvalue weighted by molar-refractivity contribution is 6.25. The Morgan fingerprint density at radius 3 is 2.60 bits per heavy atom. The predicted molar refractivity (Wildman–Crippen MR) is 122 cm³/mol. The van der Waals surface area contributed by atoms with Gasteiger partial charge in [-0.05, 0) is 29.6 Å². The fraction of sp³-hybridized carbons (Fsp3) is 0.192. The fourth-order valence-electron chi connectivity index (χ4n) is 4.94. The van der Waals surface area contributed by atoms with Crippen LogP contribution in [0.5, 0.6) is 0 Å². The number of para-hydroxylation sites is 1. The summed E-state index contributed by atoms with van der Waals surface area (Å²) in [6.07, 6.45) is 1.90. The summed E-state index contributed by atoms with van der Waals surface area (Å²) in [5, 5.41) is 4.93.